The average Bonchev–Trinajstić information content (AvgIpc) is 2.69. The maximum atomic E-state index is 11.4. The van der Waals surface area contributed by atoms with Crippen LogP contribution >= 0.6 is 11.8 Å². The van der Waals surface area contributed by atoms with E-state index in [4.69, 9.17) is 4.74 Å². The fourth-order valence-corrected chi connectivity index (χ4v) is 2.10. The molecule has 0 fully saturated rings. The van der Waals surface area contributed by atoms with Crippen molar-refractivity contribution in [3.05, 3.63) is 6.33 Å². The van der Waals surface area contributed by atoms with Crippen molar-refractivity contribution in [3.8, 4) is 0 Å². The fraction of sp³-hybridized carbons (Fsp3) is 0.667. The Labute approximate surface area is 98.8 Å². The minimum atomic E-state index is -0.309. The second kappa shape index (κ2) is 6.49. The number of thioether (sulfide) groups is 1. The highest BCUT2D eigenvalue weighted by molar-refractivity contribution is 7.99. The number of rotatable bonds is 6. The zero-order chi connectivity index (χ0) is 12.0. The zero-order valence-electron chi connectivity index (χ0n) is 9.64. The quantitative estimate of drug-likeness (QED) is 0.563. The van der Waals surface area contributed by atoms with Gasteiger partial charge in [-0.1, -0.05) is 18.7 Å². The molecule has 0 radical (unpaired) electrons. The molecule has 0 aliphatic carbocycles. The van der Waals surface area contributed by atoms with Crippen molar-refractivity contribution in [1.29, 1.82) is 0 Å². The summed E-state index contributed by atoms with van der Waals surface area (Å²) in [6, 6.07) is -0.309. The fourth-order valence-electron chi connectivity index (χ4n) is 1.17. The molecule has 1 aromatic heterocycles. The van der Waals surface area contributed by atoms with Gasteiger partial charge in [-0.05, 0) is 6.54 Å². The number of hydrogen-bond acceptors (Lipinski definition) is 6. The molecule has 0 amide bonds. The number of nitrogens with zero attached hydrogens (tertiary/aromatic N) is 3. The molecule has 1 N–H and O–H groups in total. The minimum Gasteiger partial charge on any atom is -0.468 e. The number of methoxy groups -OCH3 is 1. The maximum absolute atomic E-state index is 11.4. The van der Waals surface area contributed by atoms with Crippen LogP contribution in [0.4, 0.5) is 0 Å². The van der Waals surface area contributed by atoms with Gasteiger partial charge in [0.1, 0.15) is 12.4 Å². The van der Waals surface area contributed by atoms with E-state index in [-0.39, 0.29) is 12.0 Å². The lowest BCUT2D eigenvalue weighted by Gasteiger charge is -2.14. The first kappa shape index (κ1) is 13.0. The molecule has 0 aromatic carbocycles. The van der Waals surface area contributed by atoms with Crippen molar-refractivity contribution in [2.75, 3.05) is 19.4 Å². The number of esters is 1. The molecule has 16 heavy (non-hydrogen) atoms. The van der Waals surface area contributed by atoms with Crippen molar-refractivity contribution in [1.82, 2.24) is 20.1 Å². The van der Waals surface area contributed by atoms with E-state index in [9.17, 15) is 4.79 Å². The van der Waals surface area contributed by atoms with Gasteiger partial charge in [0.25, 0.3) is 0 Å². The van der Waals surface area contributed by atoms with E-state index in [2.05, 4.69) is 15.4 Å². The molecule has 7 heteroatoms. The number of ether oxygens (including phenoxy) is 1. The lowest BCUT2D eigenvalue weighted by Crippen LogP contribution is -2.39. The Morgan fingerprint density at radius 2 is 2.50 bits per heavy atom. The smallest absolute Gasteiger partial charge is 0.323 e. The minimum absolute atomic E-state index is 0.253. The van der Waals surface area contributed by atoms with Crippen LogP contribution in [0.25, 0.3) is 0 Å². The van der Waals surface area contributed by atoms with Crippen LogP contribution < -0.4 is 5.32 Å². The zero-order valence-corrected chi connectivity index (χ0v) is 10.5. The highest BCUT2D eigenvalue weighted by atomic mass is 32.2. The number of nitrogens with one attached hydrogen (secondary N) is 1. The second-order valence-electron chi connectivity index (χ2n) is 3.11. The molecular weight excluding hydrogens is 228 g/mol. The molecule has 1 aromatic rings. The standard InChI is InChI=1S/C9H16N4O2S/c1-4-10-7(8(14)15-3)5-16-9-11-6-12-13(9)2/h6-7,10H,4-5H2,1-3H3. The van der Waals surface area contributed by atoms with Gasteiger partial charge in [-0.3, -0.25) is 4.79 Å². The Morgan fingerprint density at radius 1 is 1.75 bits per heavy atom. The first-order valence-electron chi connectivity index (χ1n) is 4.97. The summed E-state index contributed by atoms with van der Waals surface area (Å²) in [7, 11) is 3.20. The van der Waals surface area contributed by atoms with Gasteiger partial charge in [-0.25, -0.2) is 9.67 Å². The summed E-state index contributed by atoms with van der Waals surface area (Å²) < 4.78 is 6.38. The average molecular weight is 244 g/mol. The van der Waals surface area contributed by atoms with Crippen molar-refractivity contribution >= 4 is 17.7 Å². The van der Waals surface area contributed by atoms with Crippen LogP contribution in [0, 0.1) is 0 Å². The first-order valence-corrected chi connectivity index (χ1v) is 5.95. The van der Waals surface area contributed by atoms with Gasteiger partial charge >= 0.3 is 5.97 Å². The van der Waals surface area contributed by atoms with Crippen LogP contribution in [0.1, 0.15) is 6.92 Å². The predicted molar refractivity (Wildman–Crippen MR) is 61.2 cm³/mol. The normalized spacial score (nSPS) is 12.4. The Balaban J connectivity index is 2.50. The number of likely N-dealkylation sites (N-methyl/N-ethyl adjacent to an activating group) is 1. The summed E-state index contributed by atoms with van der Waals surface area (Å²) in [5, 5.41) is 7.80. The van der Waals surface area contributed by atoms with Gasteiger partial charge in [-0.15, -0.1) is 0 Å². The Bertz CT molecular complexity index is 342. The Kier molecular flexibility index (Phi) is 5.27. The van der Waals surface area contributed by atoms with E-state index in [1.807, 2.05) is 14.0 Å². The molecule has 0 saturated carbocycles. The Morgan fingerprint density at radius 3 is 3.00 bits per heavy atom. The van der Waals surface area contributed by atoms with Crippen LogP contribution in [-0.2, 0) is 16.6 Å². The third-order valence-electron chi connectivity index (χ3n) is 1.99. The summed E-state index contributed by atoms with van der Waals surface area (Å²) >= 11 is 1.47. The van der Waals surface area contributed by atoms with Crippen molar-refractivity contribution in [2.45, 2.75) is 18.1 Å². The topological polar surface area (TPSA) is 69.0 Å². The predicted octanol–water partition coefficient (Wildman–Crippen LogP) is 0.0583. The molecule has 1 rings (SSSR count). The molecule has 90 valence electrons. The van der Waals surface area contributed by atoms with Gasteiger partial charge in [0.15, 0.2) is 5.16 Å². The molecule has 0 aliphatic rings. The molecule has 0 aliphatic heterocycles. The summed E-state index contributed by atoms with van der Waals surface area (Å²) in [5.41, 5.74) is 0. The van der Waals surface area contributed by atoms with Crippen LogP contribution in [0.5, 0.6) is 0 Å². The molecule has 1 unspecified atom stereocenters. The Hall–Kier alpha value is -1.08. The number of aryl methyl sites for hydroxylation is 1. The molecule has 1 heterocycles. The van der Waals surface area contributed by atoms with Gasteiger partial charge in [0.2, 0.25) is 0 Å². The lowest BCUT2D eigenvalue weighted by atomic mass is 10.3. The van der Waals surface area contributed by atoms with Crippen LogP contribution in [0.15, 0.2) is 11.5 Å². The van der Waals surface area contributed by atoms with Crippen LogP contribution in [0.3, 0.4) is 0 Å². The van der Waals surface area contributed by atoms with E-state index >= 15 is 0 Å². The highest BCUT2D eigenvalue weighted by Crippen LogP contribution is 2.14. The number of carbonyl (C=O) groups is 1. The number of aromatic nitrogens is 3. The number of carbonyl (C=O) groups excluding carboxylic acids is 1. The van der Waals surface area contributed by atoms with E-state index in [1.54, 1.807) is 4.68 Å². The first-order chi connectivity index (χ1) is 7.69. The summed E-state index contributed by atoms with van der Waals surface area (Å²) in [6.45, 7) is 2.67. The molecule has 0 saturated heterocycles. The van der Waals surface area contributed by atoms with E-state index in [0.29, 0.717) is 5.75 Å². The SMILES string of the molecule is CCNC(CSc1ncnn1C)C(=O)OC. The largest absolute Gasteiger partial charge is 0.468 e. The van der Waals surface area contributed by atoms with Crippen molar-refractivity contribution in [3.63, 3.8) is 0 Å². The van der Waals surface area contributed by atoms with Gasteiger partial charge in [0, 0.05) is 12.8 Å². The summed E-state index contributed by atoms with van der Waals surface area (Å²) in [4.78, 5) is 15.5. The van der Waals surface area contributed by atoms with E-state index in [1.165, 1.54) is 25.2 Å². The molecule has 1 atom stereocenters. The van der Waals surface area contributed by atoms with E-state index < -0.39 is 0 Å². The maximum Gasteiger partial charge on any atom is 0.323 e. The van der Waals surface area contributed by atoms with Gasteiger partial charge < -0.3 is 10.1 Å². The van der Waals surface area contributed by atoms with E-state index in [0.717, 1.165) is 11.7 Å². The summed E-state index contributed by atoms with van der Waals surface area (Å²) in [5.74, 6) is 0.323. The number of hydrogen-bond donors (Lipinski definition) is 1. The van der Waals surface area contributed by atoms with Crippen LogP contribution in [0.2, 0.25) is 0 Å². The molecule has 6 nitrogen and oxygen atoms in total. The lowest BCUT2D eigenvalue weighted by molar-refractivity contribution is -0.142. The van der Waals surface area contributed by atoms with Gasteiger partial charge in [0.05, 0.1) is 7.11 Å². The third kappa shape index (κ3) is 3.49. The molecular formula is C9H16N4O2S. The van der Waals surface area contributed by atoms with Crippen LogP contribution in [-0.4, -0.2) is 46.2 Å². The highest BCUT2D eigenvalue weighted by Gasteiger charge is 2.18. The molecule has 0 bridgehead atoms. The monoisotopic (exact) mass is 244 g/mol. The summed E-state index contributed by atoms with van der Waals surface area (Å²) in [6.07, 6.45) is 1.49. The molecule has 0 spiro atoms. The van der Waals surface area contributed by atoms with Crippen molar-refractivity contribution < 1.29 is 9.53 Å². The van der Waals surface area contributed by atoms with Gasteiger partial charge in [-0.2, -0.15) is 5.10 Å². The second-order valence-corrected chi connectivity index (χ2v) is 4.10. The third-order valence-corrected chi connectivity index (χ3v) is 3.11. The van der Waals surface area contributed by atoms with Crippen molar-refractivity contribution in [2.24, 2.45) is 7.05 Å².